The molecule has 20 heavy (non-hydrogen) atoms. The van der Waals surface area contributed by atoms with Gasteiger partial charge in [0.15, 0.2) is 0 Å². The number of benzene rings is 1. The van der Waals surface area contributed by atoms with Crippen molar-refractivity contribution in [3.05, 3.63) is 58.4 Å². The number of pyridine rings is 1. The molecule has 1 aromatic heterocycles. The van der Waals surface area contributed by atoms with E-state index in [0.29, 0.717) is 12.1 Å². The first-order valence-corrected chi connectivity index (χ1v) is 6.92. The van der Waals surface area contributed by atoms with Gasteiger partial charge >= 0.3 is 0 Å². The summed E-state index contributed by atoms with van der Waals surface area (Å²) >= 11 is 6.01. The topological polar surface area (TPSA) is 33.2 Å². The number of hydrogen-bond acceptors (Lipinski definition) is 2. The molecule has 1 aromatic carbocycles. The lowest BCUT2D eigenvalue weighted by atomic mass is 10.1. The Balaban J connectivity index is 2.39. The van der Waals surface area contributed by atoms with E-state index in [-0.39, 0.29) is 11.1 Å². The molecule has 0 bridgehead atoms. The number of carbonyl (C=O) groups is 1. The van der Waals surface area contributed by atoms with Crippen LogP contribution in [0.2, 0.25) is 5.15 Å². The van der Waals surface area contributed by atoms with Gasteiger partial charge in [-0.3, -0.25) is 4.79 Å². The fourth-order valence-electron chi connectivity index (χ4n) is 2.03. The number of rotatable bonds is 3. The lowest BCUT2D eigenvalue weighted by Crippen LogP contribution is -2.31. The van der Waals surface area contributed by atoms with Crippen LogP contribution in [0, 0.1) is 13.8 Å². The summed E-state index contributed by atoms with van der Waals surface area (Å²) in [5.41, 5.74) is 3.66. The normalized spacial score (nSPS) is 10.4. The highest BCUT2D eigenvalue weighted by atomic mass is 35.5. The Kier molecular flexibility index (Phi) is 4.40. The quantitative estimate of drug-likeness (QED) is 0.799. The van der Waals surface area contributed by atoms with E-state index in [1.165, 1.54) is 5.56 Å². The molecule has 0 fully saturated rings. The minimum atomic E-state index is -0.131. The van der Waals surface area contributed by atoms with Crippen LogP contribution in [0.5, 0.6) is 0 Å². The molecule has 3 nitrogen and oxygen atoms in total. The predicted octanol–water partition coefficient (Wildman–Crippen LogP) is 4.02. The minimum Gasteiger partial charge on any atom is -0.309 e. The SMILES string of the molecule is CCN(C(=O)c1cccnc1Cl)c1ccc(C)c(C)c1. The molecule has 0 aliphatic heterocycles. The van der Waals surface area contributed by atoms with Crippen molar-refractivity contribution in [1.82, 2.24) is 4.98 Å². The zero-order valence-corrected chi connectivity index (χ0v) is 12.6. The molecule has 104 valence electrons. The standard InChI is InChI=1S/C16H17ClN2O/c1-4-19(13-8-7-11(2)12(3)10-13)16(20)14-6-5-9-18-15(14)17/h5-10H,4H2,1-3H3. The number of nitrogens with zero attached hydrogens (tertiary/aromatic N) is 2. The van der Waals surface area contributed by atoms with E-state index in [1.807, 2.05) is 32.0 Å². The van der Waals surface area contributed by atoms with Gasteiger partial charge in [-0.25, -0.2) is 4.98 Å². The van der Waals surface area contributed by atoms with Gasteiger partial charge in [-0.1, -0.05) is 17.7 Å². The Morgan fingerprint density at radius 2 is 2.00 bits per heavy atom. The van der Waals surface area contributed by atoms with Crippen LogP contribution < -0.4 is 4.90 Å². The van der Waals surface area contributed by atoms with Gasteiger partial charge in [0, 0.05) is 18.4 Å². The van der Waals surface area contributed by atoms with Gasteiger partial charge in [-0.2, -0.15) is 0 Å². The number of halogens is 1. The summed E-state index contributed by atoms with van der Waals surface area (Å²) in [6.07, 6.45) is 1.57. The van der Waals surface area contributed by atoms with Crippen LogP contribution in [0.3, 0.4) is 0 Å². The van der Waals surface area contributed by atoms with E-state index in [9.17, 15) is 4.79 Å². The van der Waals surface area contributed by atoms with Crippen LogP contribution in [0.15, 0.2) is 36.5 Å². The second-order valence-electron chi connectivity index (χ2n) is 4.66. The number of aromatic nitrogens is 1. The number of carbonyl (C=O) groups excluding carboxylic acids is 1. The third-order valence-electron chi connectivity index (χ3n) is 3.35. The molecule has 4 heteroatoms. The van der Waals surface area contributed by atoms with E-state index >= 15 is 0 Å². The van der Waals surface area contributed by atoms with E-state index < -0.39 is 0 Å². The molecule has 0 saturated carbocycles. The maximum absolute atomic E-state index is 12.6. The lowest BCUT2D eigenvalue weighted by Gasteiger charge is -2.22. The monoisotopic (exact) mass is 288 g/mol. The first-order chi connectivity index (χ1) is 9.54. The highest BCUT2D eigenvalue weighted by molar-refractivity contribution is 6.33. The third kappa shape index (κ3) is 2.83. The fraction of sp³-hybridized carbons (Fsp3) is 0.250. The van der Waals surface area contributed by atoms with Crippen LogP contribution in [-0.4, -0.2) is 17.4 Å². The van der Waals surface area contributed by atoms with Crippen molar-refractivity contribution in [1.29, 1.82) is 0 Å². The zero-order valence-electron chi connectivity index (χ0n) is 11.9. The summed E-state index contributed by atoms with van der Waals surface area (Å²) in [5, 5.41) is 0.236. The van der Waals surface area contributed by atoms with Gasteiger partial charge in [0.25, 0.3) is 5.91 Å². The van der Waals surface area contributed by atoms with Crippen molar-refractivity contribution in [3.8, 4) is 0 Å². The number of anilines is 1. The Morgan fingerprint density at radius 1 is 1.25 bits per heavy atom. The summed E-state index contributed by atoms with van der Waals surface area (Å²) in [5.74, 6) is -0.131. The van der Waals surface area contributed by atoms with Crippen molar-refractivity contribution >= 4 is 23.2 Å². The third-order valence-corrected chi connectivity index (χ3v) is 3.65. The Morgan fingerprint density at radius 3 is 2.60 bits per heavy atom. The summed E-state index contributed by atoms with van der Waals surface area (Å²) in [6.45, 7) is 6.60. The lowest BCUT2D eigenvalue weighted by molar-refractivity contribution is 0.0988. The molecule has 1 heterocycles. The average molecular weight is 289 g/mol. The highest BCUT2D eigenvalue weighted by Crippen LogP contribution is 2.22. The van der Waals surface area contributed by atoms with Crippen LogP contribution in [0.1, 0.15) is 28.4 Å². The summed E-state index contributed by atoms with van der Waals surface area (Å²) < 4.78 is 0. The smallest absolute Gasteiger partial charge is 0.261 e. The van der Waals surface area contributed by atoms with Crippen LogP contribution in [-0.2, 0) is 0 Å². The van der Waals surface area contributed by atoms with Gasteiger partial charge in [-0.15, -0.1) is 0 Å². The van der Waals surface area contributed by atoms with Gasteiger partial charge in [0.1, 0.15) is 5.15 Å². The van der Waals surface area contributed by atoms with Crippen LogP contribution >= 0.6 is 11.6 Å². The first-order valence-electron chi connectivity index (χ1n) is 6.54. The largest absolute Gasteiger partial charge is 0.309 e. The number of aryl methyl sites for hydroxylation is 2. The second-order valence-corrected chi connectivity index (χ2v) is 5.02. The summed E-state index contributed by atoms with van der Waals surface area (Å²) in [7, 11) is 0. The Labute approximate surface area is 124 Å². The molecule has 0 unspecified atom stereocenters. The molecule has 2 aromatic rings. The minimum absolute atomic E-state index is 0.131. The average Bonchev–Trinajstić information content (AvgIpc) is 2.44. The number of hydrogen-bond donors (Lipinski definition) is 0. The molecule has 0 N–H and O–H groups in total. The molecule has 1 amide bonds. The highest BCUT2D eigenvalue weighted by Gasteiger charge is 2.19. The van der Waals surface area contributed by atoms with Gasteiger partial charge in [-0.05, 0) is 56.2 Å². The van der Waals surface area contributed by atoms with E-state index in [2.05, 4.69) is 11.9 Å². The molecular formula is C16H17ClN2O. The van der Waals surface area contributed by atoms with Gasteiger partial charge < -0.3 is 4.90 Å². The molecule has 0 aliphatic carbocycles. The van der Waals surface area contributed by atoms with Crippen molar-refractivity contribution in [3.63, 3.8) is 0 Å². The van der Waals surface area contributed by atoms with Crippen LogP contribution in [0.4, 0.5) is 5.69 Å². The zero-order chi connectivity index (χ0) is 14.7. The maximum Gasteiger partial charge on any atom is 0.261 e. The molecular weight excluding hydrogens is 272 g/mol. The van der Waals surface area contributed by atoms with Crippen molar-refractivity contribution in [2.45, 2.75) is 20.8 Å². The Bertz CT molecular complexity index is 640. The summed E-state index contributed by atoms with van der Waals surface area (Å²) in [4.78, 5) is 18.3. The molecule has 0 radical (unpaired) electrons. The molecule has 2 rings (SSSR count). The molecule has 0 spiro atoms. The predicted molar refractivity (Wildman–Crippen MR) is 82.5 cm³/mol. The van der Waals surface area contributed by atoms with Crippen molar-refractivity contribution in [2.24, 2.45) is 0 Å². The fourth-order valence-corrected chi connectivity index (χ4v) is 2.23. The number of amides is 1. The maximum atomic E-state index is 12.6. The van der Waals surface area contributed by atoms with E-state index in [0.717, 1.165) is 11.3 Å². The second kappa shape index (κ2) is 6.06. The van der Waals surface area contributed by atoms with Gasteiger partial charge in [0.2, 0.25) is 0 Å². The Hall–Kier alpha value is -1.87. The van der Waals surface area contributed by atoms with Crippen LogP contribution in [0.25, 0.3) is 0 Å². The van der Waals surface area contributed by atoms with E-state index in [4.69, 9.17) is 11.6 Å². The summed E-state index contributed by atoms with van der Waals surface area (Å²) in [6, 6.07) is 9.40. The van der Waals surface area contributed by atoms with E-state index in [1.54, 1.807) is 23.2 Å². The molecule has 0 atom stereocenters. The van der Waals surface area contributed by atoms with Crippen molar-refractivity contribution < 1.29 is 4.79 Å². The molecule has 0 saturated heterocycles. The van der Waals surface area contributed by atoms with Crippen molar-refractivity contribution in [2.75, 3.05) is 11.4 Å². The molecule has 0 aliphatic rings. The van der Waals surface area contributed by atoms with Gasteiger partial charge in [0.05, 0.1) is 5.56 Å². The first kappa shape index (κ1) is 14.5.